The number of methoxy groups -OCH3 is 2. The van der Waals surface area contributed by atoms with Crippen molar-refractivity contribution >= 4 is 59.6 Å². The zero-order valence-corrected chi connectivity index (χ0v) is 33.8. The molecular weight excluding hydrogens is 877 g/mol. The predicted molar refractivity (Wildman–Crippen MR) is 207 cm³/mol. The van der Waals surface area contributed by atoms with E-state index >= 15 is 0 Å². The van der Waals surface area contributed by atoms with E-state index in [0.717, 1.165) is 22.6 Å². The van der Waals surface area contributed by atoms with E-state index in [1.54, 1.807) is 14.2 Å². The van der Waals surface area contributed by atoms with Gasteiger partial charge in [-0.3, -0.25) is 0 Å². The average Bonchev–Trinajstić information content (AvgIpc) is 3.19. The summed E-state index contributed by atoms with van der Waals surface area (Å²) in [7, 11) is 0.737. The van der Waals surface area contributed by atoms with Gasteiger partial charge >= 0.3 is 31.8 Å². The molecule has 0 aliphatic rings. The van der Waals surface area contributed by atoms with Crippen LogP contribution in [0, 0.1) is 0 Å². The molecular formula is C42H34F6O6P2Ru+2. The molecule has 0 amide bonds. The van der Waals surface area contributed by atoms with Gasteiger partial charge in [-0.1, -0.05) is 84.9 Å². The molecule has 6 nitrogen and oxygen atoms in total. The molecule has 0 N–H and O–H groups in total. The van der Waals surface area contributed by atoms with E-state index in [1.165, 1.54) is 31.8 Å². The van der Waals surface area contributed by atoms with Crippen LogP contribution in [0.1, 0.15) is 0 Å². The van der Waals surface area contributed by atoms with Gasteiger partial charge in [0.05, 0.1) is 41.2 Å². The molecule has 0 atom stereocenters. The van der Waals surface area contributed by atoms with E-state index in [2.05, 4.69) is 158 Å². The first kappa shape index (κ1) is 46.3. The van der Waals surface area contributed by atoms with Gasteiger partial charge in [0, 0.05) is 0 Å². The van der Waals surface area contributed by atoms with Crippen molar-refractivity contribution in [1.29, 1.82) is 0 Å². The second-order valence-corrected chi connectivity index (χ2v) is 16.4. The number of aliphatic carboxylic acids is 2. The number of hydrogen-bond donors (Lipinski definition) is 0. The molecule has 0 aromatic heterocycles. The van der Waals surface area contributed by atoms with Gasteiger partial charge in [-0.05, 0) is 72.8 Å². The van der Waals surface area contributed by atoms with Crippen LogP contribution in [0.5, 0.6) is 11.5 Å². The number of carbonyl (C=O) groups excluding carboxylic acids is 2. The Hall–Kier alpha value is -5.08. The van der Waals surface area contributed by atoms with Crippen LogP contribution in [-0.2, 0) is 29.1 Å². The predicted octanol–water partition coefficient (Wildman–Crippen LogP) is 4.95. The minimum Gasteiger partial charge on any atom is -0.542 e. The fourth-order valence-corrected chi connectivity index (χ4v) is 11.2. The molecule has 57 heavy (non-hydrogen) atoms. The van der Waals surface area contributed by atoms with Gasteiger partial charge in [0.2, 0.25) is 0 Å². The third-order valence-electron chi connectivity index (χ3n) is 7.99. The minimum atomic E-state index is -5.19. The van der Waals surface area contributed by atoms with Crippen LogP contribution in [0.15, 0.2) is 158 Å². The number of carbonyl (C=O) groups is 2. The van der Waals surface area contributed by atoms with Crippen molar-refractivity contribution in [3.8, 4) is 22.6 Å². The molecule has 0 bridgehead atoms. The molecule has 0 saturated carbocycles. The number of hydrogen-bond acceptors (Lipinski definition) is 6. The third kappa shape index (κ3) is 12.5. The minimum absolute atomic E-state index is 0. The maximum Gasteiger partial charge on any atom is 2.00 e. The summed E-state index contributed by atoms with van der Waals surface area (Å²) in [5, 5.41) is 25.5. The number of carboxylic acid groups (broad SMARTS) is 2. The first-order chi connectivity index (χ1) is 26.7. The summed E-state index contributed by atoms with van der Waals surface area (Å²) >= 11 is 0. The van der Waals surface area contributed by atoms with Crippen LogP contribution in [0.3, 0.4) is 0 Å². The summed E-state index contributed by atoms with van der Waals surface area (Å²) in [6.07, 6.45) is -10.4. The molecule has 0 aliphatic carbocycles. The summed E-state index contributed by atoms with van der Waals surface area (Å²) < 4.78 is 75.5. The topological polar surface area (TPSA) is 98.7 Å². The third-order valence-corrected chi connectivity index (χ3v) is 13.5. The standard InChI is InChI=1S/C38H32O2P2.2C2HF3O2.Ru/c1-39-33-25-15-27-35(41(29-17-7-3-8-18-29)30-19-9-4-10-20-30)37(33)38-34(40-2)26-16-28-36(38)42(31-21-11-5-12-22-31)32-23-13-6-14-24-32;2*3-2(4,5)1(6)7;/h3-28H,1-2H3;2*(H,6,7);/q;;;+2. The molecule has 296 valence electrons. The molecule has 0 unspecified atom stereocenters. The second kappa shape index (κ2) is 21.4. The Kier molecular flexibility index (Phi) is 17.4. The van der Waals surface area contributed by atoms with Gasteiger partial charge in [-0.15, -0.1) is 0 Å². The normalized spacial score (nSPS) is 10.9. The zero-order chi connectivity index (χ0) is 40.9. The zero-order valence-electron chi connectivity index (χ0n) is 30.1. The van der Waals surface area contributed by atoms with Crippen molar-refractivity contribution in [2.75, 3.05) is 14.2 Å². The molecule has 0 saturated heterocycles. The number of benzene rings is 6. The number of ether oxygens (including phenoxy) is 2. The van der Waals surface area contributed by atoms with Crippen LogP contribution in [0.25, 0.3) is 11.1 Å². The smallest absolute Gasteiger partial charge is 0.542 e. The average molecular weight is 912 g/mol. The SMILES string of the molecule is COc1cccc([PH+](c2ccccc2)c2ccccc2)c1-c1c(OC)cccc1[PH+](c1ccccc1)c1ccccc1.O=C([O-])C(F)(F)F.O=C([O-])C(F)(F)F.[Ru+2]. The van der Waals surface area contributed by atoms with Gasteiger partial charge in [-0.25, -0.2) is 0 Å². The van der Waals surface area contributed by atoms with Crippen LogP contribution >= 0.6 is 15.8 Å². The van der Waals surface area contributed by atoms with Gasteiger partial charge < -0.3 is 29.3 Å². The van der Waals surface area contributed by atoms with Crippen molar-refractivity contribution in [3.05, 3.63) is 158 Å². The quantitative estimate of drug-likeness (QED) is 0.116. The molecule has 0 aliphatic heterocycles. The summed E-state index contributed by atoms with van der Waals surface area (Å²) in [6, 6.07) is 56.6. The van der Waals surface area contributed by atoms with Crippen LogP contribution in [0.4, 0.5) is 26.3 Å². The van der Waals surface area contributed by atoms with Crippen molar-refractivity contribution in [2.45, 2.75) is 12.4 Å². The van der Waals surface area contributed by atoms with E-state index in [9.17, 15) is 26.3 Å². The first-order valence-electron chi connectivity index (χ1n) is 16.6. The molecule has 0 heterocycles. The second-order valence-electron chi connectivity index (χ2n) is 11.6. The number of halogens is 6. The van der Waals surface area contributed by atoms with E-state index in [4.69, 9.17) is 29.3 Å². The summed E-state index contributed by atoms with van der Waals surface area (Å²) in [5.74, 6) is -4.30. The molecule has 0 fully saturated rings. The monoisotopic (exact) mass is 912 g/mol. The molecule has 0 spiro atoms. The van der Waals surface area contributed by atoms with Crippen LogP contribution in [-0.4, -0.2) is 38.5 Å². The van der Waals surface area contributed by atoms with Crippen molar-refractivity contribution < 1.29 is 75.1 Å². The Morgan fingerprint density at radius 3 is 0.860 bits per heavy atom. The maximum absolute atomic E-state index is 10.5. The number of alkyl halides is 6. The summed E-state index contributed by atoms with van der Waals surface area (Å²) in [4.78, 5) is 17.6. The Morgan fingerprint density at radius 1 is 0.439 bits per heavy atom. The molecule has 6 rings (SSSR count). The van der Waals surface area contributed by atoms with E-state index in [0.29, 0.717) is 0 Å². The largest absolute Gasteiger partial charge is 2.00 e. The van der Waals surface area contributed by atoms with Crippen LogP contribution in [0.2, 0.25) is 0 Å². The van der Waals surface area contributed by atoms with Crippen molar-refractivity contribution in [1.82, 2.24) is 0 Å². The summed E-state index contributed by atoms with van der Waals surface area (Å²) in [5.41, 5.74) is 2.23. The maximum atomic E-state index is 10.5. The van der Waals surface area contributed by atoms with Gasteiger partial charge in [-0.2, -0.15) is 26.3 Å². The van der Waals surface area contributed by atoms with Gasteiger partial charge in [0.1, 0.15) is 55.3 Å². The van der Waals surface area contributed by atoms with Gasteiger partial charge in [0.25, 0.3) is 0 Å². The van der Waals surface area contributed by atoms with E-state index < -0.39 is 40.1 Å². The molecule has 0 radical (unpaired) electrons. The molecule has 15 heteroatoms. The Bertz CT molecular complexity index is 1940. The first-order valence-corrected chi connectivity index (χ1v) is 19.6. The van der Waals surface area contributed by atoms with Crippen molar-refractivity contribution in [3.63, 3.8) is 0 Å². The fraction of sp³-hybridized carbons (Fsp3) is 0.0952. The molecule has 6 aromatic rings. The summed E-state index contributed by atoms with van der Waals surface area (Å²) in [6.45, 7) is 0. The number of rotatable bonds is 9. The van der Waals surface area contributed by atoms with Crippen molar-refractivity contribution in [2.24, 2.45) is 0 Å². The fourth-order valence-electron chi connectivity index (χ4n) is 5.71. The van der Waals surface area contributed by atoms with E-state index in [-0.39, 0.29) is 19.5 Å². The van der Waals surface area contributed by atoms with Gasteiger partial charge in [0.15, 0.2) is 0 Å². The Balaban J connectivity index is 0.000000498. The Labute approximate surface area is 340 Å². The number of carboxylic acids is 2. The Morgan fingerprint density at radius 2 is 0.667 bits per heavy atom. The molecule has 6 aromatic carbocycles. The van der Waals surface area contributed by atoms with E-state index in [1.807, 2.05) is 0 Å². The van der Waals surface area contributed by atoms with Crippen LogP contribution < -0.4 is 51.5 Å².